The average Bonchev–Trinajstić information content (AvgIpc) is 1.60. The molecule has 746 valence electrons. The lowest BCUT2D eigenvalue weighted by Crippen LogP contribution is -2.43. The van der Waals surface area contributed by atoms with E-state index in [9.17, 15) is 58.2 Å². The molecule has 11 heterocycles. The number of morpholine rings is 1. The molecule has 0 spiro atoms. The third-order valence-electron chi connectivity index (χ3n) is 31.3. The van der Waals surface area contributed by atoms with Crippen molar-refractivity contribution < 1.29 is 99.2 Å². The molecule has 10 fully saturated rings. The number of fused-ring (bicyclic) bond motifs is 15. The number of piperidine rings is 3. The molecule has 5 atom stereocenters. The van der Waals surface area contributed by atoms with Gasteiger partial charge < -0.3 is 60.7 Å². The van der Waals surface area contributed by atoms with Gasteiger partial charge in [0.2, 0.25) is 11.8 Å². The van der Waals surface area contributed by atoms with Crippen molar-refractivity contribution in [3.63, 3.8) is 0 Å². The zero-order chi connectivity index (χ0) is 98.8. The fraction of sp³-hybridized carbons (Fsp3) is 0.419. The highest BCUT2D eigenvalue weighted by Gasteiger charge is 2.39. The number of imide groups is 1. The van der Waals surface area contributed by atoms with Crippen molar-refractivity contribution in [2.45, 2.75) is 202 Å². The lowest BCUT2D eigenvalue weighted by atomic mass is 9.81. The van der Waals surface area contributed by atoms with Gasteiger partial charge in [-0.25, -0.2) is 0 Å². The molecule has 3 N–H and O–H groups in total. The van der Waals surface area contributed by atoms with Crippen molar-refractivity contribution in [2.24, 2.45) is 0 Å². The molecule has 2 amide bonds. The molecule has 27 heteroatoms. The molecule has 5 aliphatic heterocycles. The number of rotatable bonds is 21. The third-order valence-corrected chi connectivity index (χ3v) is 31.3. The van der Waals surface area contributed by atoms with Crippen LogP contribution in [0, 0.1) is 0 Å². The van der Waals surface area contributed by atoms with Gasteiger partial charge in [0, 0.05) is 205 Å². The highest BCUT2D eigenvalue weighted by Crippen LogP contribution is 2.48. The summed E-state index contributed by atoms with van der Waals surface area (Å²) in [5.41, 5.74) is 10.4. The first kappa shape index (κ1) is 97.0. The van der Waals surface area contributed by atoms with Gasteiger partial charge in [0.15, 0.2) is 0 Å². The Morgan fingerprint density at radius 3 is 1.26 bits per heavy atom. The molecule has 0 radical (unpaired) electrons. The van der Waals surface area contributed by atoms with E-state index in [0.29, 0.717) is 84.0 Å². The van der Waals surface area contributed by atoms with Gasteiger partial charge in [0.05, 0.1) is 87.8 Å². The average molecular weight is 1950 g/mol. The number of Topliss-reactive ketones (excluding diaryl/α,β-unsaturated/α-hetero) is 8. The molecule has 5 saturated carbocycles. The summed E-state index contributed by atoms with van der Waals surface area (Å²) < 4.78 is 54.7. The minimum atomic E-state index is -0.537. The van der Waals surface area contributed by atoms with E-state index in [4.69, 9.17) is 41.0 Å². The number of aliphatic hydroxyl groups is 2. The Morgan fingerprint density at radius 1 is 0.375 bits per heavy atom. The van der Waals surface area contributed by atoms with Crippen LogP contribution in [0.5, 0.6) is 17.2 Å². The van der Waals surface area contributed by atoms with Crippen LogP contribution in [-0.2, 0) is 59.2 Å². The molecule has 5 unspecified atom stereocenters. The highest BCUT2D eigenvalue weighted by atomic mass is 16.5. The quantitative estimate of drug-likeness (QED) is 0.0444. The second-order valence-corrected chi connectivity index (χ2v) is 41.0. The van der Waals surface area contributed by atoms with E-state index in [0.717, 1.165) is 265 Å². The van der Waals surface area contributed by atoms with Crippen molar-refractivity contribution in [2.75, 3.05) is 112 Å². The van der Waals surface area contributed by atoms with E-state index in [1.807, 2.05) is 110 Å². The van der Waals surface area contributed by atoms with Gasteiger partial charge in [-0.1, -0.05) is 48.5 Å². The SMILES string of the molecule is CC1(O)CCN(CCOc2ccc3c(ccc4occ(C5CCC(=O)CC5=O)c43)c2)CC1.O=C1CCC(c2coc3ccc4c(OCCN5CCOCC5)cccc4c23)C(=O)C1.O=C1CCC(c2coc3ccc4c(ccn4CCN4CCCC4)c23)C(=O)N1.O=C1CCC(c2coc3ccc4cc(C5CC5)ccc4c23)C(=O)C1.O=C1CCC(c2coc3ccc4cc(OCCN5CCC(O)CC5)ccc4c23)C(=O)C1. The Morgan fingerprint density at radius 2 is 0.785 bits per heavy atom. The maximum atomic E-state index is 12.5. The monoisotopic (exact) mass is 1950 g/mol. The van der Waals surface area contributed by atoms with Crippen molar-refractivity contribution in [3.05, 3.63) is 210 Å². The standard InChI is InChI=1S/C26H29NO5.C25H27NO5.C24H25NO5.C21H23N3O3.C21H18O3/c1-26(30)8-10-27(11-9-26)12-13-31-19-4-6-20-17(14-19)2-7-24-25(20)22(16-32-24)21-5-3-18(28)15-23(21)29;27-17-7-9-26(10-8-17)11-12-30-19-3-5-20-16(13-19)1-6-24-25(20)22(15-31-24)21-4-2-18(28)14-23(21)29;26-16-4-5-17(21(27)14-16)20-15-30-23-7-6-18-19(24(20)23)2-1-3-22(18)29-13-10-25-8-11-28-12-9-25;25-19-6-3-14(21(26)22-19)16-13-27-18-5-4-17-15(20(16)18)7-10-24(17)12-11-23-8-1-2-9-23;22-15-5-7-17(19(23)10-15)18-11-24-20-8-4-14-9-13(12-1-2-12)3-6-16(14)21(18)20/h2,4,6-7,14,16,21,30H,3,5,8-13,15H2,1H3;1,3,5-6,13,15,17,21,27H,2,4,7-12,14H2;1-3,6-7,15,17H,4-5,8-14H2;4-5,7,10,13-14H,1-3,6,8-9,11-12H2,(H,22,25,26);3-4,6,8-9,11-12,17H,1-2,5,7,10H2. The van der Waals surface area contributed by atoms with Crippen molar-refractivity contribution in [3.8, 4) is 17.2 Å². The number of amides is 2. The minimum absolute atomic E-state index is 0.0103. The molecule has 27 nitrogen and oxygen atoms in total. The van der Waals surface area contributed by atoms with Gasteiger partial charge >= 0.3 is 0 Å². The number of ether oxygens (including phenoxy) is 4. The molecule has 0 bridgehead atoms. The predicted molar refractivity (Wildman–Crippen MR) is 548 cm³/mol. The van der Waals surface area contributed by atoms with Crippen LogP contribution in [-0.4, -0.2) is 216 Å². The second-order valence-electron chi connectivity index (χ2n) is 41.0. The maximum absolute atomic E-state index is 12.5. The normalized spacial score (nSPS) is 21.5. The molecular formula is C117H122N6O21. The summed E-state index contributed by atoms with van der Waals surface area (Å²) in [6, 6.07) is 46.8. The molecule has 5 saturated heterocycles. The van der Waals surface area contributed by atoms with Crippen LogP contribution in [0.4, 0.5) is 0 Å². The zero-order valence-electron chi connectivity index (χ0n) is 81.5. The van der Waals surface area contributed by atoms with E-state index in [1.165, 1.54) is 49.7 Å². The number of aromatic nitrogens is 1. The van der Waals surface area contributed by atoms with Crippen molar-refractivity contribution in [1.82, 2.24) is 29.5 Å². The van der Waals surface area contributed by atoms with Crippen LogP contribution in [0.25, 0.3) is 109 Å². The Bertz CT molecular complexity index is 7430. The summed E-state index contributed by atoms with van der Waals surface area (Å²) >= 11 is 0. The number of hydrogen-bond donors (Lipinski definition) is 3. The fourth-order valence-corrected chi connectivity index (χ4v) is 23.0. The first-order valence-corrected chi connectivity index (χ1v) is 51.6. The number of furan rings is 5. The summed E-state index contributed by atoms with van der Waals surface area (Å²) in [4.78, 5) is 130. The van der Waals surface area contributed by atoms with Gasteiger partial charge in [0.1, 0.15) is 111 Å². The number of carbonyl (C=O) groups is 10. The lowest BCUT2D eigenvalue weighted by Gasteiger charge is -2.35. The van der Waals surface area contributed by atoms with E-state index in [1.54, 1.807) is 31.3 Å². The summed E-state index contributed by atoms with van der Waals surface area (Å²) in [5, 5.41) is 36.7. The lowest BCUT2D eigenvalue weighted by molar-refractivity contribution is -0.135. The number of carbonyl (C=O) groups excluding carboxylic acids is 10. The van der Waals surface area contributed by atoms with Crippen LogP contribution >= 0.6 is 0 Å². The van der Waals surface area contributed by atoms with Gasteiger partial charge in [-0.2, -0.15) is 0 Å². The van der Waals surface area contributed by atoms with Gasteiger partial charge in [-0.15, -0.1) is 0 Å². The topological polar surface area (TPSA) is 344 Å². The Hall–Kier alpha value is -13.1. The molecule has 15 aromatic rings. The van der Waals surface area contributed by atoms with Crippen LogP contribution < -0.4 is 19.5 Å². The smallest absolute Gasteiger partial charge is 0.234 e. The molecule has 6 aromatic heterocycles. The zero-order valence-corrected chi connectivity index (χ0v) is 81.5. The molecule has 9 aromatic carbocycles. The van der Waals surface area contributed by atoms with Crippen LogP contribution in [0.15, 0.2) is 199 Å². The van der Waals surface area contributed by atoms with Gasteiger partial charge in [-0.05, 0) is 244 Å². The first-order valence-electron chi connectivity index (χ1n) is 51.6. The molecular weight excluding hydrogens is 1830 g/mol. The largest absolute Gasteiger partial charge is 0.492 e. The number of aliphatic hydroxyl groups excluding tert-OH is 1. The Balaban J connectivity index is 0.000000106. The predicted octanol–water partition coefficient (Wildman–Crippen LogP) is 19.6. The van der Waals surface area contributed by atoms with E-state index in [-0.39, 0.29) is 119 Å². The highest BCUT2D eigenvalue weighted by molar-refractivity contribution is 6.17. The van der Waals surface area contributed by atoms with Crippen LogP contribution in [0.3, 0.4) is 0 Å². The van der Waals surface area contributed by atoms with E-state index in [2.05, 4.69) is 72.1 Å². The molecule has 5 aliphatic carbocycles. The van der Waals surface area contributed by atoms with Crippen molar-refractivity contribution >= 4 is 167 Å². The Kier molecular flexibility index (Phi) is 28.7. The summed E-state index contributed by atoms with van der Waals surface area (Å²) in [5.74, 6) is 1.53. The fourth-order valence-electron chi connectivity index (χ4n) is 23.0. The van der Waals surface area contributed by atoms with E-state index >= 15 is 0 Å². The summed E-state index contributed by atoms with van der Waals surface area (Å²) in [6.45, 7) is 17.7. The minimum Gasteiger partial charge on any atom is -0.492 e. The van der Waals surface area contributed by atoms with Gasteiger partial charge in [-0.3, -0.25) is 68.0 Å². The summed E-state index contributed by atoms with van der Waals surface area (Å²) in [6.07, 6.45) is 24.0. The number of nitrogens with one attached hydrogen (secondary N) is 1. The van der Waals surface area contributed by atoms with Gasteiger partial charge in [0.25, 0.3) is 0 Å². The number of likely N-dealkylation sites (tertiary alicyclic amines) is 3. The first-order chi connectivity index (χ1) is 70.1. The molecule has 144 heavy (non-hydrogen) atoms. The van der Waals surface area contributed by atoms with Crippen molar-refractivity contribution in [1.29, 1.82) is 0 Å². The third kappa shape index (κ3) is 21.3. The van der Waals surface area contributed by atoms with Crippen LogP contribution in [0.2, 0.25) is 0 Å². The molecule has 25 rings (SSSR count). The number of nitrogens with zero attached hydrogens (tertiary/aromatic N) is 5. The number of benzene rings is 9. The maximum Gasteiger partial charge on any atom is 0.234 e. The van der Waals surface area contributed by atoms with Crippen LogP contribution in [0.1, 0.15) is 217 Å². The van der Waals surface area contributed by atoms with E-state index < -0.39 is 5.60 Å². The number of ketones is 8. The number of hydrogen-bond acceptors (Lipinski definition) is 25. The summed E-state index contributed by atoms with van der Waals surface area (Å²) in [7, 11) is 0. The Labute approximate surface area is 832 Å². The molecule has 10 aliphatic rings. The second kappa shape index (κ2) is 42.7.